The van der Waals surface area contributed by atoms with E-state index in [2.05, 4.69) is 5.32 Å². The van der Waals surface area contributed by atoms with Crippen LogP contribution in [0.25, 0.3) is 0 Å². The van der Waals surface area contributed by atoms with E-state index in [1.165, 1.54) is 11.8 Å². The van der Waals surface area contributed by atoms with Crippen molar-refractivity contribution in [1.82, 2.24) is 0 Å². The Morgan fingerprint density at radius 1 is 1.39 bits per heavy atom. The van der Waals surface area contributed by atoms with Crippen molar-refractivity contribution in [1.29, 1.82) is 0 Å². The highest BCUT2D eigenvalue weighted by atomic mass is 32.2. The van der Waals surface area contributed by atoms with Gasteiger partial charge in [-0.05, 0) is 24.5 Å². The molecule has 1 heterocycles. The molecule has 0 saturated carbocycles. The molecule has 0 amide bonds. The standard InChI is InChI=1S/C13H17NO3S/c1-18(16,17)8-2-3-13(15)11-5-4-10-6-7-14-12(10)9-11/h4-5,9,14H,2-3,6-8H2,1H3. The number of carbonyl (C=O) groups is 1. The van der Waals surface area contributed by atoms with Gasteiger partial charge in [0.25, 0.3) is 0 Å². The van der Waals surface area contributed by atoms with Gasteiger partial charge >= 0.3 is 0 Å². The van der Waals surface area contributed by atoms with Crippen LogP contribution in [-0.2, 0) is 16.3 Å². The summed E-state index contributed by atoms with van der Waals surface area (Å²) in [6.45, 7) is 0.918. The van der Waals surface area contributed by atoms with Gasteiger partial charge in [-0.1, -0.05) is 12.1 Å². The third kappa shape index (κ3) is 3.32. The summed E-state index contributed by atoms with van der Waals surface area (Å²) in [6, 6.07) is 5.67. The van der Waals surface area contributed by atoms with Gasteiger partial charge in [0.1, 0.15) is 9.84 Å². The van der Waals surface area contributed by atoms with Crippen molar-refractivity contribution in [3.63, 3.8) is 0 Å². The van der Waals surface area contributed by atoms with E-state index >= 15 is 0 Å². The van der Waals surface area contributed by atoms with Crippen molar-refractivity contribution in [2.45, 2.75) is 19.3 Å². The smallest absolute Gasteiger partial charge is 0.162 e. The summed E-state index contributed by atoms with van der Waals surface area (Å²) in [6.07, 6.45) is 2.86. The minimum absolute atomic E-state index is 0.00940. The molecular formula is C13H17NO3S. The predicted molar refractivity (Wildman–Crippen MR) is 71.9 cm³/mol. The van der Waals surface area contributed by atoms with Crippen LogP contribution in [0.1, 0.15) is 28.8 Å². The van der Waals surface area contributed by atoms with Crippen LogP contribution >= 0.6 is 0 Å². The van der Waals surface area contributed by atoms with E-state index < -0.39 is 9.84 Å². The van der Waals surface area contributed by atoms with Gasteiger partial charge in [0.2, 0.25) is 0 Å². The highest BCUT2D eigenvalue weighted by molar-refractivity contribution is 7.90. The molecule has 0 fully saturated rings. The molecule has 0 bridgehead atoms. The maximum absolute atomic E-state index is 11.9. The molecule has 1 aliphatic rings. The average Bonchev–Trinajstić information content (AvgIpc) is 2.73. The van der Waals surface area contributed by atoms with Crippen molar-refractivity contribution in [2.24, 2.45) is 0 Å². The lowest BCUT2D eigenvalue weighted by molar-refractivity contribution is 0.0982. The second kappa shape index (κ2) is 5.10. The van der Waals surface area contributed by atoms with Crippen molar-refractivity contribution in [3.05, 3.63) is 29.3 Å². The first-order chi connectivity index (χ1) is 8.46. The topological polar surface area (TPSA) is 63.2 Å². The Hall–Kier alpha value is -1.36. The van der Waals surface area contributed by atoms with Gasteiger partial charge < -0.3 is 5.32 Å². The zero-order valence-corrected chi connectivity index (χ0v) is 11.2. The summed E-state index contributed by atoms with van der Waals surface area (Å²) in [5.41, 5.74) is 2.93. The number of nitrogens with one attached hydrogen (secondary N) is 1. The number of fused-ring (bicyclic) bond motifs is 1. The minimum atomic E-state index is -2.98. The number of hydrogen-bond donors (Lipinski definition) is 1. The summed E-state index contributed by atoms with van der Waals surface area (Å²) >= 11 is 0. The fourth-order valence-corrected chi connectivity index (χ4v) is 2.77. The van der Waals surface area contributed by atoms with E-state index in [0.717, 1.165) is 18.7 Å². The zero-order chi connectivity index (χ0) is 13.2. The number of hydrogen-bond acceptors (Lipinski definition) is 4. The number of carbonyl (C=O) groups excluding carboxylic acids is 1. The number of rotatable bonds is 5. The monoisotopic (exact) mass is 267 g/mol. The Kier molecular flexibility index (Phi) is 3.71. The molecule has 4 nitrogen and oxygen atoms in total. The maximum atomic E-state index is 11.9. The largest absolute Gasteiger partial charge is 0.384 e. The van der Waals surface area contributed by atoms with Crippen LogP contribution in [0, 0.1) is 0 Å². The van der Waals surface area contributed by atoms with Crippen molar-refractivity contribution in [2.75, 3.05) is 23.9 Å². The molecular weight excluding hydrogens is 250 g/mol. The van der Waals surface area contributed by atoms with Gasteiger partial charge in [-0.2, -0.15) is 0 Å². The molecule has 18 heavy (non-hydrogen) atoms. The molecule has 0 radical (unpaired) electrons. The van der Waals surface area contributed by atoms with Crippen LogP contribution in [-0.4, -0.2) is 32.8 Å². The van der Waals surface area contributed by atoms with E-state index in [0.29, 0.717) is 12.0 Å². The van der Waals surface area contributed by atoms with Gasteiger partial charge in [0.15, 0.2) is 5.78 Å². The van der Waals surface area contributed by atoms with Crippen LogP contribution in [0.15, 0.2) is 18.2 Å². The third-order valence-electron chi connectivity index (χ3n) is 3.06. The number of anilines is 1. The van der Waals surface area contributed by atoms with Gasteiger partial charge in [0, 0.05) is 30.5 Å². The number of Topliss-reactive ketones (excluding diaryl/α,β-unsaturated/α-hetero) is 1. The Balaban J connectivity index is 1.97. The van der Waals surface area contributed by atoms with Gasteiger partial charge in [-0.15, -0.1) is 0 Å². The Bertz CT molecular complexity index is 564. The lowest BCUT2D eigenvalue weighted by atomic mass is 10.0. The second-order valence-corrected chi connectivity index (χ2v) is 6.97. The van der Waals surface area contributed by atoms with E-state index in [1.807, 2.05) is 18.2 Å². The zero-order valence-electron chi connectivity index (χ0n) is 10.4. The predicted octanol–water partition coefficient (Wildman–Crippen LogP) is 1.66. The molecule has 1 aromatic carbocycles. The summed E-state index contributed by atoms with van der Waals surface area (Å²) in [5, 5.41) is 3.23. The van der Waals surface area contributed by atoms with E-state index in [-0.39, 0.29) is 18.0 Å². The molecule has 1 aromatic rings. The Morgan fingerprint density at radius 3 is 2.89 bits per heavy atom. The molecule has 0 atom stereocenters. The highest BCUT2D eigenvalue weighted by Crippen LogP contribution is 2.23. The average molecular weight is 267 g/mol. The molecule has 1 aliphatic heterocycles. The minimum Gasteiger partial charge on any atom is -0.384 e. The summed E-state index contributed by atoms with van der Waals surface area (Å²) in [5.74, 6) is 0.0808. The van der Waals surface area contributed by atoms with Crippen LogP contribution < -0.4 is 5.32 Å². The van der Waals surface area contributed by atoms with Crippen molar-refractivity contribution >= 4 is 21.3 Å². The van der Waals surface area contributed by atoms with Crippen molar-refractivity contribution in [3.8, 4) is 0 Å². The first-order valence-electron chi connectivity index (χ1n) is 6.03. The fourth-order valence-electron chi connectivity index (χ4n) is 2.10. The summed E-state index contributed by atoms with van der Waals surface area (Å²) in [7, 11) is -2.98. The molecule has 1 N–H and O–H groups in total. The summed E-state index contributed by atoms with van der Waals surface area (Å²) in [4.78, 5) is 11.9. The highest BCUT2D eigenvalue weighted by Gasteiger charge is 2.13. The van der Waals surface area contributed by atoms with Crippen molar-refractivity contribution < 1.29 is 13.2 Å². The second-order valence-electron chi connectivity index (χ2n) is 4.71. The first-order valence-corrected chi connectivity index (χ1v) is 8.09. The third-order valence-corrected chi connectivity index (χ3v) is 4.09. The molecule has 0 unspecified atom stereocenters. The normalized spacial score (nSPS) is 14.1. The number of ketones is 1. The van der Waals surface area contributed by atoms with Crippen LogP contribution in [0.4, 0.5) is 5.69 Å². The SMILES string of the molecule is CS(=O)(=O)CCCC(=O)c1ccc2c(c1)NCC2. The van der Waals surface area contributed by atoms with E-state index in [9.17, 15) is 13.2 Å². The summed E-state index contributed by atoms with van der Waals surface area (Å²) < 4.78 is 22.0. The molecule has 98 valence electrons. The molecule has 5 heteroatoms. The van der Waals surface area contributed by atoms with E-state index in [4.69, 9.17) is 0 Å². The van der Waals surface area contributed by atoms with E-state index in [1.54, 1.807) is 0 Å². The first kappa shape index (κ1) is 13.1. The van der Waals surface area contributed by atoms with Crippen LogP contribution in [0.5, 0.6) is 0 Å². The molecule has 0 spiro atoms. The molecule has 0 aliphatic carbocycles. The molecule has 2 rings (SSSR count). The fraction of sp³-hybridized carbons (Fsp3) is 0.462. The van der Waals surface area contributed by atoms with Crippen LogP contribution in [0.2, 0.25) is 0 Å². The number of benzene rings is 1. The van der Waals surface area contributed by atoms with Gasteiger partial charge in [-0.3, -0.25) is 4.79 Å². The molecule has 0 saturated heterocycles. The van der Waals surface area contributed by atoms with Crippen LogP contribution in [0.3, 0.4) is 0 Å². The number of sulfone groups is 1. The lowest BCUT2D eigenvalue weighted by Gasteiger charge is -2.04. The van der Waals surface area contributed by atoms with Gasteiger partial charge in [0.05, 0.1) is 5.75 Å². The quantitative estimate of drug-likeness (QED) is 0.824. The van der Waals surface area contributed by atoms with Gasteiger partial charge in [-0.25, -0.2) is 8.42 Å². The molecule has 0 aromatic heterocycles. The lowest BCUT2D eigenvalue weighted by Crippen LogP contribution is -2.06. The maximum Gasteiger partial charge on any atom is 0.162 e. The Labute approximate surface area is 107 Å². The Morgan fingerprint density at radius 2 is 2.17 bits per heavy atom.